The highest BCUT2D eigenvalue weighted by Crippen LogP contribution is 2.26. The molecule has 0 aliphatic rings. The van der Waals surface area contributed by atoms with E-state index in [0.717, 1.165) is 33.8 Å². The number of hydrogen-bond acceptors (Lipinski definition) is 5. The number of ether oxygens (including phenoxy) is 2. The summed E-state index contributed by atoms with van der Waals surface area (Å²) in [5, 5.41) is 10.5. The van der Waals surface area contributed by atoms with Crippen LogP contribution in [0.15, 0.2) is 84.0 Å². The van der Waals surface area contributed by atoms with Gasteiger partial charge in [0.05, 0.1) is 20.3 Å². The second-order valence-corrected chi connectivity index (χ2v) is 8.26. The van der Waals surface area contributed by atoms with Crippen molar-refractivity contribution in [3.05, 3.63) is 89.4 Å². The van der Waals surface area contributed by atoms with Gasteiger partial charge in [0.2, 0.25) is 0 Å². The van der Waals surface area contributed by atoms with Crippen LogP contribution in [0.25, 0.3) is 11.4 Å². The molecule has 0 spiro atoms. The van der Waals surface area contributed by atoms with Crippen molar-refractivity contribution in [1.29, 1.82) is 0 Å². The normalized spacial score (nSPS) is 10.8. The fourth-order valence-corrected chi connectivity index (χ4v) is 3.96. The van der Waals surface area contributed by atoms with E-state index in [0.29, 0.717) is 18.2 Å². The number of methoxy groups -OCH3 is 1. The number of nitrogens with zero attached hydrogens (tertiary/aromatic N) is 3. The van der Waals surface area contributed by atoms with Crippen molar-refractivity contribution in [2.45, 2.75) is 11.7 Å². The van der Waals surface area contributed by atoms with Gasteiger partial charge in [-0.05, 0) is 54.1 Å². The molecule has 31 heavy (non-hydrogen) atoms. The number of hydrogen-bond donors (Lipinski definition) is 0. The van der Waals surface area contributed by atoms with E-state index >= 15 is 0 Å². The van der Waals surface area contributed by atoms with Crippen LogP contribution in [0.4, 0.5) is 0 Å². The van der Waals surface area contributed by atoms with Gasteiger partial charge in [-0.25, -0.2) is 0 Å². The molecule has 158 valence electrons. The molecule has 0 saturated heterocycles. The van der Waals surface area contributed by atoms with Crippen LogP contribution < -0.4 is 9.47 Å². The SMILES string of the molecule is COc1ccc(OCCSc2nnc(-c3ccc(Cl)cc3)n2Cc2ccccc2)cc1. The molecule has 0 bridgehead atoms. The summed E-state index contributed by atoms with van der Waals surface area (Å²) in [6.07, 6.45) is 0. The Morgan fingerprint density at radius 1 is 0.871 bits per heavy atom. The minimum Gasteiger partial charge on any atom is -0.497 e. The number of benzene rings is 3. The average Bonchev–Trinajstić information content (AvgIpc) is 3.20. The quantitative estimate of drug-likeness (QED) is 0.237. The predicted molar refractivity (Wildman–Crippen MR) is 125 cm³/mol. The summed E-state index contributed by atoms with van der Waals surface area (Å²) < 4.78 is 13.2. The Kier molecular flexibility index (Phi) is 7.12. The molecule has 1 aromatic heterocycles. The van der Waals surface area contributed by atoms with Gasteiger partial charge in [0, 0.05) is 16.3 Å². The van der Waals surface area contributed by atoms with Crippen molar-refractivity contribution >= 4 is 23.4 Å². The van der Waals surface area contributed by atoms with E-state index in [9.17, 15) is 0 Å². The Bertz CT molecular complexity index is 1100. The van der Waals surface area contributed by atoms with Crippen LogP contribution in [-0.4, -0.2) is 34.2 Å². The topological polar surface area (TPSA) is 49.2 Å². The highest BCUT2D eigenvalue weighted by atomic mass is 35.5. The molecule has 3 aromatic carbocycles. The van der Waals surface area contributed by atoms with Gasteiger partial charge in [-0.3, -0.25) is 4.57 Å². The second-order valence-electron chi connectivity index (χ2n) is 6.76. The molecule has 4 aromatic rings. The second kappa shape index (κ2) is 10.4. The maximum Gasteiger partial charge on any atom is 0.191 e. The largest absolute Gasteiger partial charge is 0.497 e. The first-order valence-electron chi connectivity index (χ1n) is 9.85. The van der Waals surface area contributed by atoms with Gasteiger partial charge in [-0.1, -0.05) is 53.7 Å². The molecule has 0 unspecified atom stereocenters. The van der Waals surface area contributed by atoms with E-state index in [1.54, 1.807) is 18.9 Å². The van der Waals surface area contributed by atoms with Gasteiger partial charge in [-0.15, -0.1) is 10.2 Å². The van der Waals surface area contributed by atoms with Gasteiger partial charge in [0.1, 0.15) is 11.5 Å². The molecular formula is C24H22ClN3O2S. The summed E-state index contributed by atoms with van der Waals surface area (Å²) in [6, 6.07) is 25.6. The lowest BCUT2D eigenvalue weighted by molar-refractivity contribution is 0.342. The highest BCUT2D eigenvalue weighted by Gasteiger charge is 2.15. The number of aromatic nitrogens is 3. The molecule has 4 rings (SSSR count). The monoisotopic (exact) mass is 451 g/mol. The lowest BCUT2D eigenvalue weighted by Gasteiger charge is -2.11. The van der Waals surface area contributed by atoms with Crippen molar-refractivity contribution in [3.8, 4) is 22.9 Å². The van der Waals surface area contributed by atoms with Crippen molar-refractivity contribution in [2.75, 3.05) is 19.5 Å². The molecule has 0 saturated carbocycles. The van der Waals surface area contributed by atoms with Crippen LogP contribution in [-0.2, 0) is 6.54 Å². The number of halogens is 1. The predicted octanol–water partition coefficient (Wildman–Crippen LogP) is 5.83. The summed E-state index contributed by atoms with van der Waals surface area (Å²) >= 11 is 7.68. The lowest BCUT2D eigenvalue weighted by atomic mass is 10.2. The smallest absolute Gasteiger partial charge is 0.191 e. The fourth-order valence-electron chi connectivity index (χ4n) is 3.08. The molecule has 0 aliphatic carbocycles. The molecule has 0 N–H and O–H groups in total. The van der Waals surface area contributed by atoms with E-state index in [2.05, 4.69) is 26.9 Å². The molecule has 0 amide bonds. The molecule has 7 heteroatoms. The fraction of sp³-hybridized carbons (Fsp3) is 0.167. The Morgan fingerprint density at radius 2 is 1.58 bits per heavy atom. The molecule has 1 heterocycles. The van der Waals surface area contributed by atoms with Crippen LogP contribution in [0, 0.1) is 0 Å². The molecular weight excluding hydrogens is 430 g/mol. The highest BCUT2D eigenvalue weighted by molar-refractivity contribution is 7.99. The van der Waals surface area contributed by atoms with Gasteiger partial charge >= 0.3 is 0 Å². The summed E-state index contributed by atoms with van der Waals surface area (Å²) in [4.78, 5) is 0. The van der Waals surface area contributed by atoms with Crippen LogP contribution >= 0.6 is 23.4 Å². The first-order valence-corrected chi connectivity index (χ1v) is 11.2. The number of rotatable bonds is 9. The zero-order valence-corrected chi connectivity index (χ0v) is 18.6. The minimum absolute atomic E-state index is 0.561. The summed E-state index contributed by atoms with van der Waals surface area (Å²) in [6.45, 7) is 1.25. The van der Waals surface area contributed by atoms with E-state index in [-0.39, 0.29) is 0 Å². The van der Waals surface area contributed by atoms with Crippen LogP contribution in [0.5, 0.6) is 11.5 Å². The zero-order chi connectivity index (χ0) is 21.5. The molecule has 0 fully saturated rings. The first kappa shape index (κ1) is 21.3. The Balaban J connectivity index is 1.47. The maximum atomic E-state index is 6.06. The van der Waals surface area contributed by atoms with E-state index < -0.39 is 0 Å². The van der Waals surface area contributed by atoms with Crippen molar-refractivity contribution < 1.29 is 9.47 Å². The third-order valence-electron chi connectivity index (χ3n) is 4.65. The zero-order valence-electron chi connectivity index (χ0n) is 17.1. The van der Waals surface area contributed by atoms with Crippen LogP contribution in [0.1, 0.15) is 5.56 Å². The Morgan fingerprint density at radius 3 is 2.29 bits per heavy atom. The Hall–Kier alpha value is -2.96. The number of thioether (sulfide) groups is 1. The van der Waals surface area contributed by atoms with Crippen molar-refractivity contribution in [3.63, 3.8) is 0 Å². The third-order valence-corrected chi connectivity index (χ3v) is 5.83. The van der Waals surface area contributed by atoms with Crippen LogP contribution in [0.2, 0.25) is 5.02 Å². The van der Waals surface area contributed by atoms with Crippen molar-refractivity contribution in [2.24, 2.45) is 0 Å². The average molecular weight is 452 g/mol. The summed E-state index contributed by atoms with van der Waals surface area (Å²) in [5.41, 5.74) is 2.17. The molecule has 0 radical (unpaired) electrons. The van der Waals surface area contributed by atoms with Gasteiger partial charge in [0.15, 0.2) is 11.0 Å². The molecule has 0 aliphatic heterocycles. The van der Waals surface area contributed by atoms with Gasteiger partial charge in [-0.2, -0.15) is 0 Å². The van der Waals surface area contributed by atoms with Crippen molar-refractivity contribution in [1.82, 2.24) is 14.8 Å². The van der Waals surface area contributed by atoms with E-state index in [1.807, 2.05) is 66.7 Å². The third kappa shape index (κ3) is 5.60. The lowest BCUT2D eigenvalue weighted by Crippen LogP contribution is -2.06. The maximum absolute atomic E-state index is 6.06. The molecule has 5 nitrogen and oxygen atoms in total. The standard InChI is InChI=1S/C24H22ClN3O2S/c1-29-21-11-13-22(14-12-21)30-15-16-31-24-27-26-23(19-7-9-20(25)10-8-19)28(24)17-18-5-3-2-4-6-18/h2-14H,15-17H2,1H3. The summed E-state index contributed by atoms with van der Waals surface area (Å²) in [7, 11) is 1.65. The Labute approximate surface area is 191 Å². The van der Waals surface area contributed by atoms with E-state index in [1.165, 1.54) is 5.56 Å². The van der Waals surface area contributed by atoms with Gasteiger partial charge < -0.3 is 9.47 Å². The van der Waals surface area contributed by atoms with Crippen LogP contribution in [0.3, 0.4) is 0 Å². The molecule has 0 atom stereocenters. The summed E-state index contributed by atoms with van der Waals surface area (Å²) in [5.74, 6) is 3.19. The van der Waals surface area contributed by atoms with E-state index in [4.69, 9.17) is 21.1 Å². The van der Waals surface area contributed by atoms with Gasteiger partial charge in [0.25, 0.3) is 0 Å². The first-order chi connectivity index (χ1) is 15.2. The minimum atomic E-state index is 0.561.